The Morgan fingerprint density at radius 2 is 1.79 bits per heavy atom. The van der Waals surface area contributed by atoms with E-state index < -0.39 is 0 Å². The van der Waals surface area contributed by atoms with Crippen molar-refractivity contribution >= 4 is 50.7 Å². The molecule has 33 heavy (non-hydrogen) atoms. The van der Waals surface area contributed by atoms with Gasteiger partial charge in [-0.3, -0.25) is 4.79 Å². The Labute approximate surface area is 195 Å². The summed E-state index contributed by atoms with van der Waals surface area (Å²) in [5.41, 5.74) is 15.8. The van der Waals surface area contributed by atoms with Gasteiger partial charge in [-0.2, -0.15) is 0 Å². The van der Waals surface area contributed by atoms with Crippen molar-refractivity contribution in [1.82, 2.24) is 9.97 Å². The van der Waals surface area contributed by atoms with E-state index in [0.717, 1.165) is 37.5 Å². The van der Waals surface area contributed by atoms with Crippen LogP contribution in [0.3, 0.4) is 0 Å². The van der Waals surface area contributed by atoms with Crippen molar-refractivity contribution in [2.45, 2.75) is 26.2 Å². The Morgan fingerprint density at radius 3 is 2.48 bits per heavy atom. The second-order valence-corrected chi connectivity index (χ2v) is 8.91. The molecule has 6 N–H and O–H groups in total. The van der Waals surface area contributed by atoms with E-state index >= 15 is 0 Å². The molecule has 0 aliphatic heterocycles. The van der Waals surface area contributed by atoms with Crippen LogP contribution >= 0.6 is 11.3 Å². The lowest BCUT2D eigenvalue weighted by atomic mass is 9.95. The van der Waals surface area contributed by atoms with E-state index in [9.17, 15) is 9.59 Å². The normalized spacial score (nSPS) is 11.8. The fourth-order valence-electron chi connectivity index (χ4n) is 3.74. The molecule has 3 amide bonds. The minimum absolute atomic E-state index is 0.103. The Kier molecular flexibility index (Phi) is 6.23. The van der Waals surface area contributed by atoms with E-state index in [1.54, 1.807) is 0 Å². The first-order valence-electron chi connectivity index (χ1n) is 10.4. The number of nitrogens with zero attached hydrogens (tertiary/aromatic N) is 2. The predicted octanol–water partition coefficient (Wildman–Crippen LogP) is 4.87. The summed E-state index contributed by atoms with van der Waals surface area (Å²) in [4.78, 5) is 34.1. The van der Waals surface area contributed by atoms with Gasteiger partial charge in [-0.25, -0.2) is 14.8 Å². The molecule has 1 atom stereocenters. The summed E-state index contributed by atoms with van der Waals surface area (Å²) in [7, 11) is 0. The van der Waals surface area contributed by atoms with Crippen molar-refractivity contribution in [3.05, 3.63) is 65.3 Å². The number of hydrogen-bond acceptors (Lipinski definition) is 6. The van der Waals surface area contributed by atoms with E-state index in [-0.39, 0.29) is 24.3 Å². The highest BCUT2D eigenvalue weighted by Gasteiger charge is 2.22. The van der Waals surface area contributed by atoms with Gasteiger partial charge in [0.05, 0.1) is 5.39 Å². The second-order valence-electron chi connectivity index (χ2n) is 7.88. The number of amides is 3. The molecule has 168 valence electrons. The van der Waals surface area contributed by atoms with Crippen LogP contribution in [-0.4, -0.2) is 21.9 Å². The van der Waals surface area contributed by atoms with E-state index in [2.05, 4.69) is 20.6 Å². The van der Waals surface area contributed by atoms with Crippen molar-refractivity contribution in [2.24, 2.45) is 5.73 Å². The fourth-order valence-corrected chi connectivity index (χ4v) is 4.96. The summed E-state index contributed by atoms with van der Waals surface area (Å²) in [6.45, 7) is 3.92. The summed E-state index contributed by atoms with van der Waals surface area (Å²) in [5, 5.41) is 6.41. The number of nitrogens with one attached hydrogen (secondary N) is 2. The summed E-state index contributed by atoms with van der Waals surface area (Å²) >= 11 is 1.48. The van der Waals surface area contributed by atoms with Gasteiger partial charge in [0.25, 0.3) is 0 Å². The molecule has 0 saturated heterocycles. The van der Waals surface area contributed by atoms with Gasteiger partial charge >= 0.3 is 6.03 Å². The number of fused-ring (bicyclic) bond motifs is 1. The lowest BCUT2D eigenvalue weighted by Crippen LogP contribution is -2.19. The maximum atomic E-state index is 12.4. The molecule has 2 aromatic heterocycles. The number of primary amides is 1. The quantitative estimate of drug-likeness (QED) is 0.325. The van der Waals surface area contributed by atoms with Gasteiger partial charge in [-0.15, -0.1) is 11.3 Å². The highest BCUT2D eigenvalue weighted by Crippen LogP contribution is 2.44. The van der Waals surface area contributed by atoms with Crippen molar-refractivity contribution < 1.29 is 9.59 Å². The molecule has 0 radical (unpaired) electrons. The molecule has 9 heteroatoms. The zero-order chi connectivity index (χ0) is 23.5. The molecule has 1 unspecified atom stereocenters. The van der Waals surface area contributed by atoms with Gasteiger partial charge in [0, 0.05) is 28.2 Å². The van der Waals surface area contributed by atoms with Crippen LogP contribution in [0.15, 0.2) is 54.9 Å². The van der Waals surface area contributed by atoms with Crippen molar-refractivity contribution in [1.29, 1.82) is 0 Å². The lowest BCUT2D eigenvalue weighted by Gasteiger charge is -2.12. The number of thiophene rings is 1. The van der Waals surface area contributed by atoms with Crippen LogP contribution < -0.4 is 22.1 Å². The summed E-state index contributed by atoms with van der Waals surface area (Å²) in [6.07, 6.45) is 1.65. The first-order valence-corrected chi connectivity index (χ1v) is 11.2. The van der Waals surface area contributed by atoms with Crippen LogP contribution in [0.5, 0.6) is 0 Å². The number of aromatic nitrogens is 2. The van der Waals surface area contributed by atoms with Crippen LogP contribution in [0.25, 0.3) is 21.3 Å². The SMILES string of the molecule is Cc1cccc(NC(=O)Nc2ccc(-c3c(C(C)CC(N)=O)sc4ncnc(N)c34)cc2)c1. The molecule has 2 aromatic carbocycles. The third-order valence-corrected chi connectivity index (χ3v) is 6.54. The average molecular weight is 461 g/mol. The Morgan fingerprint density at radius 1 is 1.06 bits per heavy atom. The molecule has 4 rings (SSSR count). The molecule has 0 spiro atoms. The Balaban J connectivity index is 1.62. The minimum Gasteiger partial charge on any atom is -0.383 e. The molecule has 0 fully saturated rings. The molecule has 4 aromatic rings. The smallest absolute Gasteiger partial charge is 0.323 e. The van der Waals surface area contributed by atoms with E-state index in [0.29, 0.717) is 11.5 Å². The third-order valence-electron chi connectivity index (χ3n) is 5.21. The molecule has 0 aliphatic rings. The number of anilines is 3. The zero-order valence-electron chi connectivity index (χ0n) is 18.3. The van der Waals surface area contributed by atoms with Crippen LogP contribution in [0.2, 0.25) is 0 Å². The largest absolute Gasteiger partial charge is 0.383 e. The summed E-state index contributed by atoms with van der Waals surface area (Å²) < 4.78 is 0. The highest BCUT2D eigenvalue weighted by atomic mass is 32.1. The average Bonchev–Trinajstić information content (AvgIpc) is 3.15. The van der Waals surface area contributed by atoms with E-state index in [1.165, 1.54) is 17.7 Å². The number of rotatable bonds is 6. The van der Waals surface area contributed by atoms with Gasteiger partial charge in [0.1, 0.15) is 17.0 Å². The number of carbonyl (C=O) groups is 2. The number of hydrogen-bond donors (Lipinski definition) is 4. The van der Waals surface area contributed by atoms with Crippen LogP contribution in [0, 0.1) is 6.92 Å². The first kappa shape index (κ1) is 22.2. The van der Waals surface area contributed by atoms with E-state index in [1.807, 2.05) is 62.4 Å². The Bertz CT molecular complexity index is 1330. The first-order chi connectivity index (χ1) is 15.8. The van der Waals surface area contributed by atoms with Crippen molar-refractivity contribution in [2.75, 3.05) is 16.4 Å². The van der Waals surface area contributed by atoms with E-state index in [4.69, 9.17) is 11.5 Å². The minimum atomic E-state index is -0.371. The number of carbonyl (C=O) groups excluding carboxylic acids is 2. The molecule has 2 heterocycles. The standard InChI is InChI=1S/C24H24N6O2S/c1-13-4-3-5-17(10-13)30-24(32)29-16-8-6-15(7-9-16)19-20-22(26)27-12-28-23(20)33-21(19)14(2)11-18(25)31/h3-10,12,14H,11H2,1-2H3,(H2,25,31)(H2,26,27,28)(H2,29,30,32). The van der Waals surface area contributed by atoms with Gasteiger partial charge in [-0.05, 0) is 48.2 Å². The maximum Gasteiger partial charge on any atom is 0.323 e. The van der Waals surface area contributed by atoms with Gasteiger partial charge in [0.2, 0.25) is 5.91 Å². The van der Waals surface area contributed by atoms with Gasteiger partial charge < -0.3 is 22.1 Å². The summed E-state index contributed by atoms with van der Waals surface area (Å²) in [5.74, 6) is -0.0957. The topological polar surface area (TPSA) is 136 Å². The maximum absolute atomic E-state index is 12.4. The number of aryl methyl sites for hydroxylation is 1. The number of nitrogen functional groups attached to an aromatic ring is 1. The zero-order valence-corrected chi connectivity index (χ0v) is 19.1. The van der Waals surface area contributed by atoms with Crippen molar-refractivity contribution in [3.63, 3.8) is 0 Å². The van der Waals surface area contributed by atoms with Gasteiger partial charge in [-0.1, -0.05) is 31.2 Å². The molecular weight excluding hydrogens is 436 g/mol. The monoisotopic (exact) mass is 460 g/mol. The van der Waals surface area contributed by atoms with Crippen LogP contribution in [0.1, 0.15) is 29.7 Å². The fraction of sp³-hybridized carbons (Fsp3) is 0.167. The lowest BCUT2D eigenvalue weighted by molar-refractivity contribution is -0.118. The molecular formula is C24H24N6O2S. The van der Waals surface area contributed by atoms with Crippen molar-refractivity contribution in [3.8, 4) is 11.1 Å². The van der Waals surface area contributed by atoms with Crippen LogP contribution in [-0.2, 0) is 4.79 Å². The highest BCUT2D eigenvalue weighted by molar-refractivity contribution is 7.19. The number of benzene rings is 2. The molecule has 0 saturated carbocycles. The van der Waals surface area contributed by atoms with Crippen LogP contribution in [0.4, 0.5) is 22.0 Å². The molecule has 0 aliphatic carbocycles. The molecule has 0 bridgehead atoms. The number of nitrogens with two attached hydrogens (primary N) is 2. The predicted molar refractivity (Wildman–Crippen MR) is 133 cm³/mol. The number of urea groups is 1. The summed E-state index contributed by atoms with van der Waals surface area (Å²) in [6, 6.07) is 14.7. The molecule has 8 nitrogen and oxygen atoms in total. The Hall–Kier alpha value is -3.98. The van der Waals surface area contributed by atoms with Gasteiger partial charge in [0.15, 0.2) is 0 Å². The third kappa shape index (κ3) is 4.93. The second kappa shape index (κ2) is 9.25.